The van der Waals surface area contributed by atoms with Crippen LogP contribution < -0.4 is 27.0 Å². The van der Waals surface area contributed by atoms with Crippen molar-refractivity contribution in [1.82, 2.24) is 21.3 Å². The van der Waals surface area contributed by atoms with Gasteiger partial charge < -0.3 is 42.3 Å². The number of thioether (sulfide) groups is 1. The molecule has 0 unspecified atom stereocenters. The molecule has 216 valence electrons. The minimum absolute atomic E-state index is 0.0126. The second-order valence-electron chi connectivity index (χ2n) is 8.49. The average molecular weight is 570 g/mol. The molecule has 1 aromatic rings. The highest BCUT2D eigenvalue weighted by Gasteiger charge is 2.29. The van der Waals surface area contributed by atoms with Gasteiger partial charge in [-0.05, 0) is 30.4 Å². The fourth-order valence-corrected chi connectivity index (χ4v) is 3.73. The van der Waals surface area contributed by atoms with Gasteiger partial charge in [0.05, 0.1) is 13.2 Å². The highest BCUT2D eigenvalue weighted by molar-refractivity contribution is 7.98. The molecule has 39 heavy (non-hydrogen) atoms. The summed E-state index contributed by atoms with van der Waals surface area (Å²) in [5, 5.41) is 36.8. The van der Waals surface area contributed by atoms with Gasteiger partial charge in [0.2, 0.25) is 23.6 Å². The van der Waals surface area contributed by atoms with Gasteiger partial charge in [-0.15, -0.1) is 0 Å². The molecule has 0 bridgehead atoms. The summed E-state index contributed by atoms with van der Waals surface area (Å²) < 4.78 is 0. The van der Waals surface area contributed by atoms with Gasteiger partial charge in [0, 0.05) is 12.8 Å². The number of amides is 4. The van der Waals surface area contributed by atoms with Crippen molar-refractivity contribution in [3.8, 4) is 0 Å². The number of nitrogens with two attached hydrogens (primary N) is 1. The minimum Gasteiger partial charge on any atom is -0.481 e. The summed E-state index contributed by atoms with van der Waals surface area (Å²) >= 11 is 1.41. The van der Waals surface area contributed by atoms with Crippen molar-refractivity contribution in [3.05, 3.63) is 35.9 Å². The number of hydrogen-bond acceptors (Lipinski definition) is 9. The fourth-order valence-electron chi connectivity index (χ4n) is 3.26. The zero-order valence-electron chi connectivity index (χ0n) is 21.4. The zero-order valence-corrected chi connectivity index (χ0v) is 22.2. The predicted octanol–water partition coefficient (Wildman–Crippen LogP) is -2.18. The number of carbonyl (C=O) groups excluding carboxylic acids is 4. The molecular formula is C24H35N5O9S. The number of benzene rings is 1. The van der Waals surface area contributed by atoms with Gasteiger partial charge in [-0.25, -0.2) is 4.79 Å². The van der Waals surface area contributed by atoms with Crippen molar-refractivity contribution in [2.24, 2.45) is 5.73 Å². The van der Waals surface area contributed by atoms with Gasteiger partial charge in [0.25, 0.3) is 0 Å². The summed E-state index contributed by atoms with van der Waals surface area (Å²) in [6, 6.07) is 3.48. The minimum atomic E-state index is -1.38. The standard InChI is InChI=1S/C24H35N5O9S/c1-39-10-9-17(24(37)38)27-19(31)12-26-22(35)18(11-14-5-3-2-4-6-14)29-23(36)16(7-8-20(32)33)28-21(34)15(25)13-30/h2-6,15-18,30H,7-13,25H2,1H3,(H,26,35)(H,27,31)(H,28,34)(H,29,36)(H,32,33)(H,37,38)/t15-,16-,17-,18-/m0/s1. The van der Waals surface area contributed by atoms with Crippen LogP contribution in [0.5, 0.6) is 0 Å². The van der Waals surface area contributed by atoms with Gasteiger partial charge in [-0.3, -0.25) is 24.0 Å². The van der Waals surface area contributed by atoms with Crippen molar-refractivity contribution >= 4 is 47.3 Å². The van der Waals surface area contributed by atoms with Crippen LogP contribution in [0.25, 0.3) is 0 Å². The Morgan fingerprint density at radius 1 is 0.872 bits per heavy atom. The SMILES string of the molecule is CSCC[C@H](NC(=O)CNC(=O)[C@H](Cc1ccccc1)NC(=O)[C@H](CCC(=O)O)NC(=O)[C@@H](N)CO)C(=O)O. The van der Waals surface area contributed by atoms with E-state index in [1.807, 2.05) is 0 Å². The van der Waals surface area contributed by atoms with Crippen molar-refractivity contribution < 1.29 is 44.1 Å². The van der Waals surface area contributed by atoms with Crippen molar-refractivity contribution in [2.75, 3.05) is 25.2 Å². The Hall–Kier alpha value is -3.69. The molecule has 0 saturated carbocycles. The quantitative estimate of drug-likeness (QED) is 0.0946. The predicted molar refractivity (Wildman–Crippen MR) is 142 cm³/mol. The molecule has 0 aliphatic heterocycles. The van der Waals surface area contributed by atoms with E-state index in [-0.39, 0.29) is 19.3 Å². The van der Waals surface area contributed by atoms with Gasteiger partial charge in [-0.1, -0.05) is 30.3 Å². The third kappa shape index (κ3) is 13.1. The fraction of sp³-hybridized carbons (Fsp3) is 0.500. The third-order valence-electron chi connectivity index (χ3n) is 5.40. The highest BCUT2D eigenvalue weighted by atomic mass is 32.2. The van der Waals surface area contributed by atoms with E-state index in [4.69, 9.17) is 15.9 Å². The second kappa shape index (κ2) is 17.8. The summed E-state index contributed by atoms with van der Waals surface area (Å²) in [5.41, 5.74) is 6.12. The maximum absolute atomic E-state index is 13.0. The summed E-state index contributed by atoms with van der Waals surface area (Å²) in [5.74, 6) is -5.22. The number of aliphatic carboxylic acids is 2. The van der Waals surface area contributed by atoms with E-state index < -0.39 is 79.3 Å². The van der Waals surface area contributed by atoms with Crippen LogP contribution >= 0.6 is 11.8 Å². The first-order valence-corrected chi connectivity index (χ1v) is 13.4. The van der Waals surface area contributed by atoms with Crippen LogP contribution in [0.3, 0.4) is 0 Å². The molecule has 0 spiro atoms. The molecule has 4 amide bonds. The van der Waals surface area contributed by atoms with Gasteiger partial charge in [0.1, 0.15) is 24.2 Å². The Labute approximate surface area is 229 Å². The molecule has 1 rings (SSSR count). The molecular weight excluding hydrogens is 534 g/mol. The lowest BCUT2D eigenvalue weighted by atomic mass is 10.0. The largest absolute Gasteiger partial charge is 0.481 e. The monoisotopic (exact) mass is 569 g/mol. The summed E-state index contributed by atoms with van der Waals surface area (Å²) in [6.45, 7) is -1.27. The average Bonchev–Trinajstić information content (AvgIpc) is 2.91. The third-order valence-corrected chi connectivity index (χ3v) is 6.04. The summed E-state index contributed by atoms with van der Waals surface area (Å²) in [7, 11) is 0. The van der Waals surface area contributed by atoms with E-state index >= 15 is 0 Å². The smallest absolute Gasteiger partial charge is 0.326 e. The molecule has 0 fully saturated rings. The van der Waals surface area contributed by atoms with Crippen LogP contribution in [-0.4, -0.2) is 100 Å². The molecule has 0 radical (unpaired) electrons. The van der Waals surface area contributed by atoms with E-state index in [0.717, 1.165) is 0 Å². The van der Waals surface area contributed by atoms with Crippen LogP contribution in [0.15, 0.2) is 30.3 Å². The first-order valence-electron chi connectivity index (χ1n) is 12.0. The molecule has 1 aromatic carbocycles. The number of carbonyl (C=O) groups is 6. The Kier molecular flexibility index (Phi) is 15.2. The Morgan fingerprint density at radius 3 is 2.08 bits per heavy atom. The molecule has 0 saturated heterocycles. The number of hydrogen-bond donors (Lipinski definition) is 8. The lowest BCUT2D eigenvalue weighted by Gasteiger charge is -2.24. The van der Waals surface area contributed by atoms with E-state index in [1.165, 1.54) is 11.8 Å². The van der Waals surface area contributed by atoms with Crippen molar-refractivity contribution in [3.63, 3.8) is 0 Å². The summed E-state index contributed by atoms with van der Waals surface area (Å²) in [4.78, 5) is 72.8. The molecule has 15 heteroatoms. The first kappa shape index (κ1) is 33.3. The maximum atomic E-state index is 13.0. The Balaban J connectivity index is 2.99. The molecule has 0 aromatic heterocycles. The molecule has 0 aliphatic rings. The van der Waals surface area contributed by atoms with Crippen LogP contribution in [0.1, 0.15) is 24.8 Å². The summed E-state index contributed by atoms with van der Waals surface area (Å²) in [6.07, 6.45) is 1.16. The van der Waals surface area contributed by atoms with E-state index in [0.29, 0.717) is 11.3 Å². The van der Waals surface area contributed by atoms with E-state index in [9.17, 15) is 33.9 Å². The zero-order chi connectivity index (χ0) is 29.4. The lowest BCUT2D eigenvalue weighted by Crippen LogP contribution is -2.57. The van der Waals surface area contributed by atoms with Crippen LogP contribution in [-0.2, 0) is 35.2 Å². The maximum Gasteiger partial charge on any atom is 0.326 e. The number of nitrogens with one attached hydrogen (secondary N) is 4. The lowest BCUT2D eigenvalue weighted by molar-refractivity contribution is -0.142. The normalized spacial score (nSPS) is 13.7. The van der Waals surface area contributed by atoms with Crippen LogP contribution in [0.2, 0.25) is 0 Å². The Bertz CT molecular complexity index is 995. The van der Waals surface area contributed by atoms with Gasteiger partial charge in [0.15, 0.2) is 0 Å². The van der Waals surface area contributed by atoms with Crippen molar-refractivity contribution in [2.45, 2.75) is 49.9 Å². The molecule has 0 heterocycles. The van der Waals surface area contributed by atoms with Crippen LogP contribution in [0.4, 0.5) is 0 Å². The Morgan fingerprint density at radius 2 is 1.51 bits per heavy atom. The number of rotatable bonds is 18. The number of carboxylic acid groups (broad SMARTS) is 2. The first-order chi connectivity index (χ1) is 18.5. The topological polar surface area (TPSA) is 237 Å². The second-order valence-corrected chi connectivity index (χ2v) is 9.48. The number of carboxylic acids is 2. The molecule has 4 atom stereocenters. The van der Waals surface area contributed by atoms with E-state index in [2.05, 4.69) is 21.3 Å². The number of aliphatic hydroxyl groups excluding tert-OH is 1. The molecule has 9 N–H and O–H groups in total. The number of aliphatic hydroxyl groups is 1. The molecule has 14 nitrogen and oxygen atoms in total. The van der Waals surface area contributed by atoms with Gasteiger partial charge >= 0.3 is 11.9 Å². The van der Waals surface area contributed by atoms with E-state index in [1.54, 1.807) is 36.6 Å². The van der Waals surface area contributed by atoms with Crippen molar-refractivity contribution in [1.29, 1.82) is 0 Å². The highest BCUT2D eigenvalue weighted by Crippen LogP contribution is 2.06. The van der Waals surface area contributed by atoms with Gasteiger partial charge in [-0.2, -0.15) is 11.8 Å². The molecule has 0 aliphatic carbocycles. The van der Waals surface area contributed by atoms with Crippen LogP contribution in [0, 0.1) is 0 Å².